The zero-order valence-corrected chi connectivity index (χ0v) is 6.04. The van der Waals surface area contributed by atoms with E-state index >= 15 is 0 Å². The van der Waals surface area contributed by atoms with E-state index < -0.39 is 5.66 Å². The van der Waals surface area contributed by atoms with Crippen molar-refractivity contribution in [1.29, 1.82) is 0 Å². The average Bonchev–Trinajstić information content (AvgIpc) is 1.81. The summed E-state index contributed by atoms with van der Waals surface area (Å²) in [5.74, 6) is 0.109. The number of hydrogen-bond donors (Lipinski definition) is 3. The summed E-state index contributed by atoms with van der Waals surface area (Å²) in [4.78, 5) is 0. The lowest BCUT2D eigenvalue weighted by atomic mass is 9.91. The molecule has 0 saturated heterocycles. The maximum atomic E-state index is 5.67. The van der Waals surface area contributed by atoms with Gasteiger partial charge in [-0.25, -0.2) is 0 Å². The second-order valence-corrected chi connectivity index (χ2v) is 2.79. The summed E-state index contributed by atoms with van der Waals surface area (Å²) in [6, 6.07) is 0. The quantitative estimate of drug-likeness (QED) is 0.401. The highest BCUT2D eigenvalue weighted by Gasteiger charge is 2.24. The lowest BCUT2D eigenvalue weighted by molar-refractivity contribution is 0.429. The number of nitrogens with two attached hydrogens (primary N) is 3. The highest BCUT2D eigenvalue weighted by Crippen LogP contribution is 2.17. The van der Waals surface area contributed by atoms with Gasteiger partial charge in [0, 0.05) is 11.6 Å². The Morgan fingerprint density at radius 3 is 2.50 bits per heavy atom. The minimum absolute atomic E-state index is 0.109. The van der Waals surface area contributed by atoms with Crippen LogP contribution in [-0.2, 0) is 0 Å². The van der Waals surface area contributed by atoms with Gasteiger partial charge in [-0.1, -0.05) is 13.0 Å². The molecular formula is C7H13N3. The maximum Gasteiger partial charge on any atom is 0.0894 e. The van der Waals surface area contributed by atoms with E-state index in [9.17, 15) is 0 Å². The van der Waals surface area contributed by atoms with E-state index in [4.69, 9.17) is 17.2 Å². The molecule has 0 saturated carbocycles. The first kappa shape index (κ1) is 7.31. The minimum Gasteiger partial charge on any atom is -0.399 e. The molecule has 1 rings (SSSR count). The molecule has 56 valence electrons. The molecule has 0 aromatic heterocycles. The van der Waals surface area contributed by atoms with E-state index in [1.54, 1.807) is 12.2 Å². The summed E-state index contributed by atoms with van der Waals surface area (Å²) in [7, 11) is 0. The van der Waals surface area contributed by atoms with E-state index in [0.717, 1.165) is 5.70 Å². The Morgan fingerprint density at radius 1 is 1.50 bits per heavy atom. The summed E-state index contributed by atoms with van der Waals surface area (Å²) >= 11 is 0. The van der Waals surface area contributed by atoms with Crippen LogP contribution in [0.15, 0.2) is 23.9 Å². The van der Waals surface area contributed by atoms with Crippen molar-refractivity contribution in [1.82, 2.24) is 0 Å². The fourth-order valence-electron chi connectivity index (χ4n) is 0.881. The molecule has 3 nitrogen and oxygen atoms in total. The van der Waals surface area contributed by atoms with E-state index in [-0.39, 0.29) is 5.92 Å². The van der Waals surface area contributed by atoms with Crippen LogP contribution in [0.5, 0.6) is 0 Å². The van der Waals surface area contributed by atoms with E-state index in [1.165, 1.54) is 0 Å². The predicted molar refractivity (Wildman–Crippen MR) is 41.7 cm³/mol. The van der Waals surface area contributed by atoms with Crippen molar-refractivity contribution in [3.05, 3.63) is 23.9 Å². The molecule has 10 heavy (non-hydrogen) atoms. The molecule has 0 aromatic rings. The molecule has 0 aliphatic heterocycles. The van der Waals surface area contributed by atoms with Crippen molar-refractivity contribution in [2.75, 3.05) is 0 Å². The molecule has 0 radical (unpaired) electrons. The average molecular weight is 139 g/mol. The van der Waals surface area contributed by atoms with Crippen LogP contribution in [0, 0.1) is 5.92 Å². The van der Waals surface area contributed by atoms with Crippen LogP contribution < -0.4 is 17.2 Å². The topological polar surface area (TPSA) is 78.1 Å². The Morgan fingerprint density at radius 2 is 2.10 bits per heavy atom. The minimum atomic E-state index is -0.719. The monoisotopic (exact) mass is 139 g/mol. The Labute approximate surface area is 60.6 Å². The van der Waals surface area contributed by atoms with Gasteiger partial charge in [0.1, 0.15) is 0 Å². The van der Waals surface area contributed by atoms with Crippen LogP contribution >= 0.6 is 0 Å². The molecular weight excluding hydrogens is 126 g/mol. The van der Waals surface area contributed by atoms with Crippen LogP contribution in [0.1, 0.15) is 6.92 Å². The fourth-order valence-corrected chi connectivity index (χ4v) is 0.881. The van der Waals surface area contributed by atoms with Crippen molar-refractivity contribution in [3.8, 4) is 0 Å². The molecule has 1 aliphatic rings. The first-order chi connectivity index (χ1) is 4.52. The SMILES string of the molecule is CC1C=C(N)C=CC1(N)N. The van der Waals surface area contributed by atoms with Crippen LogP contribution in [-0.4, -0.2) is 5.66 Å². The van der Waals surface area contributed by atoms with Crippen molar-refractivity contribution >= 4 is 0 Å². The maximum absolute atomic E-state index is 5.67. The Hall–Kier alpha value is -0.800. The molecule has 0 spiro atoms. The molecule has 3 heteroatoms. The number of rotatable bonds is 0. The van der Waals surface area contributed by atoms with Gasteiger partial charge in [-0.05, 0) is 12.2 Å². The van der Waals surface area contributed by atoms with E-state index in [2.05, 4.69) is 0 Å². The zero-order valence-electron chi connectivity index (χ0n) is 6.04. The van der Waals surface area contributed by atoms with E-state index in [1.807, 2.05) is 13.0 Å². The Kier molecular flexibility index (Phi) is 1.54. The van der Waals surface area contributed by atoms with Crippen LogP contribution in [0.25, 0.3) is 0 Å². The van der Waals surface area contributed by atoms with Gasteiger partial charge in [0.15, 0.2) is 0 Å². The van der Waals surface area contributed by atoms with Gasteiger partial charge in [0.2, 0.25) is 0 Å². The second-order valence-electron chi connectivity index (χ2n) is 2.79. The zero-order chi connectivity index (χ0) is 7.78. The van der Waals surface area contributed by atoms with Crippen LogP contribution in [0.3, 0.4) is 0 Å². The Balaban J connectivity index is 2.84. The van der Waals surface area contributed by atoms with Crippen LogP contribution in [0.4, 0.5) is 0 Å². The summed E-state index contributed by atoms with van der Waals surface area (Å²) in [6.45, 7) is 1.94. The van der Waals surface area contributed by atoms with Gasteiger partial charge >= 0.3 is 0 Å². The van der Waals surface area contributed by atoms with Crippen LogP contribution in [0.2, 0.25) is 0 Å². The molecule has 0 bridgehead atoms. The molecule has 0 aromatic carbocycles. The third kappa shape index (κ3) is 1.20. The van der Waals surface area contributed by atoms with Crippen molar-refractivity contribution in [2.45, 2.75) is 12.6 Å². The molecule has 0 heterocycles. The first-order valence-corrected chi connectivity index (χ1v) is 3.26. The number of allylic oxidation sites excluding steroid dienone is 1. The molecule has 0 amide bonds. The van der Waals surface area contributed by atoms with Gasteiger partial charge in [-0.15, -0.1) is 0 Å². The van der Waals surface area contributed by atoms with Crippen molar-refractivity contribution in [2.24, 2.45) is 23.1 Å². The smallest absolute Gasteiger partial charge is 0.0894 e. The summed E-state index contributed by atoms with van der Waals surface area (Å²) < 4.78 is 0. The molecule has 1 aliphatic carbocycles. The lowest BCUT2D eigenvalue weighted by Gasteiger charge is -2.28. The fraction of sp³-hybridized carbons (Fsp3) is 0.429. The van der Waals surface area contributed by atoms with Gasteiger partial charge in [0.05, 0.1) is 5.66 Å². The van der Waals surface area contributed by atoms with Gasteiger partial charge < -0.3 is 17.2 Å². The third-order valence-corrected chi connectivity index (χ3v) is 1.80. The van der Waals surface area contributed by atoms with Gasteiger partial charge in [-0.2, -0.15) is 0 Å². The van der Waals surface area contributed by atoms with Gasteiger partial charge in [0.25, 0.3) is 0 Å². The standard InChI is InChI=1S/C7H13N3/c1-5-4-6(8)2-3-7(5,9)10/h2-5H,8-10H2,1H3. The summed E-state index contributed by atoms with van der Waals surface area (Å²) in [5, 5.41) is 0. The molecule has 6 N–H and O–H groups in total. The second kappa shape index (κ2) is 2.11. The Bertz CT molecular complexity index is 191. The van der Waals surface area contributed by atoms with Gasteiger partial charge in [-0.3, -0.25) is 0 Å². The van der Waals surface area contributed by atoms with Crippen molar-refractivity contribution < 1.29 is 0 Å². The largest absolute Gasteiger partial charge is 0.399 e. The highest BCUT2D eigenvalue weighted by atomic mass is 15.0. The lowest BCUT2D eigenvalue weighted by Crippen LogP contribution is -2.53. The molecule has 1 atom stereocenters. The first-order valence-electron chi connectivity index (χ1n) is 3.26. The summed E-state index contributed by atoms with van der Waals surface area (Å²) in [6.07, 6.45) is 5.33. The number of hydrogen-bond acceptors (Lipinski definition) is 3. The molecule has 0 fully saturated rings. The molecule has 1 unspecified atom stereocenters. The predicted octanol–water partition coefficient (Wildman–Crippen LogP) is -0.351. The van der Waals surface area contributed by atoms with Crippen molar-refractivity contribution in [3.63, 3.8) is 0 Å². The third-order valence-electron chi connectivity index (χ3n) is 1.80. The summed E-state index contributed by atoms with van der Waals surface area (Å²) in [5.41, 5.74) is 16.9. The highest BCUT2D eigenvalue weighted by molar-refractivity contribution is 5.27. The van der Waals surface area contributed by atoms with E-state index in [0.29, 0.717) is 0 Å². The normalized spacial score (nSPS) is 29.9.